The molecular weight excluding hydrogens is 277 g/mol. The van der Waals surface area contributed by atoms with Crippen LogP contribution in [0.25, 0.3) is 0 Å². The van der Waals surface area contributed by atoms with Crippen LogP contribution >= 0.6 is 0 Å². The Morgan fingerprint density at radius 3 is 2.70 bits per heavy atom. The van der Waals surface area contributed by atoms with Crippen LogP contribution in [0.15, 0.2) is 0 Å². The Morgan fingerprint density at radius 2 is 2.15 bits per heavy atom. The number of ether oxygens (including phenoxy) is 1. The topological polar surface area (TPSA) is 84.6 Å². The van der Waals surface area contributed by atoms with Gasteiger partial charge >= 0.3 is 6.18 Å². The fourth-order valence-electron chi connectivity index (χ4n) is 3.30. The molecule has 0 aromatic rings. The highest BCUT2D eigenvalue weighted by atomic mass is 19.4. The normalized spacial score (nSPS) is 37.0. The number of nitrogens with two attached hydrogens (primary N) is 1. The van der Waals surface area contributed by atoms with Crippen molar-refractivity contribution in [2.24, 2.45) is 17.1 Å². The number of carbonyl (C=O) groups excluding carboxylic acids is 1. The quantitative estimate of drug-likeness (QED) is 0.693. The molecule has 2 aliphatic rings. The number of fused-ring (bicyclic) bond motifs is 1. The highest BCUT2D eigenvalue weighted by molar-refractivity contribution is 5.89. The van der Waals surface area contributed by atoms with Gasteiger partial charge in [-0.25, -0.2) is 0 Å². The molecule has 116 valence electrons. The predicted octanol–water partition coefficient (Wildman–Crippen LogP) is 0.168. The van der Waals surface area contributed by atoms with E-state index in [0.29, 0.717) is 13.0 Å². The molecule has 0 aromatic heterocycles. The minimum atomic E-state index is -4.76. The Labute approximate surface area is 114 Å². The first-order valence-corrected chi connectivity index (χ1v) is 6.46. The number of amides is 1. The average Bonchev–Trinajstić information content (AvgIpc) is 2.81. The maximum atomic E-state index is 12.2. The van der Waals surface area contributed by atoms with Gasteiger partial charge in [-0.3, -0.25) is 4.79 Å². The van der Waals surface area contributed by atoms with Gasteiger partial charge in [-0.2, -0.15) is 13.2 Å². The number of aliphatic hydroxyl groups is 1. The molecule has 20 heavy (non-hydrogen) atoms. The molecule has 4 N–H and O–H groups in total. The Kier molecular flexibility index (Phi) is 3.55. The maximum absolute atomic E-state index is 12.2. The Bertz CT molecular complexity index is 413. The zero-order valence-electron chi connectivity index (χ0n) is 11.3. The van der Waals surface area contributed by atoms with Crippen LogP contribution in [0.4, 0.5) is 13.2 Å². The van der Waals surface area contributed by atoms with E-state index in [-0.39, 0.29) is 12.0 Å². The number of carbonyl (C=O) groups is 1. The fraction of sp³-hybridized carbons (Fsp3) is 0.917. The molecule has 5 nitrogen and oxygen atoms in total. The molecule has 4 unspecified atom stereocenters. The lowest BCUT2D eigenvalue weighted by molar-refractivity contribution is -0.203. The van der Waals surface area contributed by atoms with Gasteiger partial charge in [0.1, 0.15) is 5.54 Å². The van der Waals surface area contributed by atoms with Gasteiger partial charge in [-0.05, 0) is 6.42 Å². The van der Waals surface area contributed by atoms with Gasteiger partial charge in [-0.1, -0.05) is 13.8 Å². The SMILES string of the molecule is CC1(C)C2OCCC2C1(N)C(=O)NCC(O)C(F)(F)F. The number of halogens is 3. The second kappa shape index (κ2) is 4.57. The van der Waals surface area contributed by atoms with Crippen molar-refractivity contribution in [1.29, 1.82) is 0 Å². The molecule has 1 amide bonds. The number of nitrogens with one attached hydrogen (secondary N) is 1. The summed E-state index contributed by atoms with van der Waals surface area (Å²) < 4.78 is 42.1. The van der Waals surface area contributed by atoms with Crippen molar-refractivity contribution >= 4 is 5.91 Å². The van der Waals surface area contributed by atoms with Crippen molar-refractivity contribution in [2.75, 3.05) is 13.2 Å². The van der Waals surface area contributed by atoms with Crippen LogP contribution in [0.3, 0.4) is 0 Å². The van der Waals surface area contributed by atoms with Crippen LogP contribution in [0.2, 0.25) is 0 Å². The van der Waals surface area contributed by atoms with Crippen LogP contribution in [0.5, 0.6) is 0 Å². The molecule has 8 heteroatoms. The monoisotopic (exact) mass is 296 g/mol. The number of aliphatic hydroxyl groups excluding tert-OH is 1. The van der Waals surface area contributed by atoms with Crippen LogP contribution in [0, 0.1) is 11.3 Å². The third kappa shape index (κ3) is 2.01. The third-order valence-electron chi connectivity index (χ3n) is 4.66. The minimum absolute atomic E-state index is 0.147. The summed E-state index contributed by atoms with van der Waals surface area (Å²) in [6.07, 6.45) is -6.89. The van der Waals surface area contributed by atoms with Gasteiger partial charge in [0.05, 0.1) is 12.6 Å². The molecule has 1 aliphatic carbocycles. The lowest BCUT2D eigenvalue weighted by Crippen LogP contribution is -2.80. The van der Waals surface area contributed by atoms with Crippen molar-refractivity contribution in [1.82, 2.24) is 5.32 Å². The maximum Gasteiger partial charge on any atom is 0.416 e. The molecule has 1 saturated heterocycles. The van der Waals surface area contributed by atoms with Gasteiger partial charge in [0.2, 0.25) is 5.91 Å². The zero-order chi connectivity index (χ0) is 15.3. The largest absolute Gasteiger partial charge is 0.416 e. The summed E-state index contributed by atoms with van der Waals surface area (Å²) in [4.78, 5) is 12.2. The molecule has 0 aromatic carbocycles. The first-order valence-electron chi connectivity index (χ1n) is 6.46. The molecule has 1 saturated carbocycles. The van der Waals surface area contributed by atoms with Gasteiger partial charge in [-0.15, -0.1) is 0 Å². The second-order valence-electron chi connectivity index (χ2n) is 6.04. The van der Waals surface area contributed by atoms with E-state index in [2.05, 4.69) is 5.32 Å². The van der Waals surface area contributed by atoms with Crippen molar-refractivity contribution in [3.8, 4) is 0 Å². The van der Waals surface area contributed by atoms with Gasteiger partial charge < -0.3 is 20.9 Å². The summed E-state index contributed by atoms with van der Waals surface area (Å²) in [5, 5.41) is 11.0. The van der Waals surface area contributed by atoms with Gasteiger partial charge in [0.15, 0.2) is 6.10 Å². The van der Waals surface area contributed by atoms with E-state index in [4.69, 9.17) is 15.6 Å². The predicted molar refractivity (Wildman–Crippen MR) is 63.6 cm³/mol. The number of hydrogen-bond donors (Lipinski definition) is 3. The van der Waals surface area contributed by atoms with E-state index in [0.717, 1.165) is 0 Å². The molecule has 1 aliphatic heterocycles. The molecule has 2 fully saturated rings. The number of alkyl halides is 3. The highest BCUT2D eigenvalue weighted by Crippen LogP contribution is 2.58. The van der Waals surface area contributed by atoms with E-state index >= 15 is 0 Å². The number of hydrogen-bond acceptors (Lipinski definition) is 4. The smallest absolute Gasteiger partial charge is 0.382 e. The van der Waals surface area contributed by atoms with Crippen molar-refractivity contribution in [3.63, 3.8) is 0 Å². The molecule has 4 atom stereocenters. The Morgan fingerprint density at radius 1 is 1.55 bits per heavy atom. The van der Waals surface area contributed by atoms with Crippen LogP contribution < -0.4 is 11.1 Å². The number of rotatable bonds is 3. The summed E-state index contributed by atoms with van der Waals surface area (Å²) in [7, 11) is 0. The molecule has 2 rings (SSSR count). The van der Waals surface area contributed by atoms with Crippen LogP contribution in [0.1, 0.15) is 20.3 Å². The van der Waals surface area contributed by atoms with Gasteiger partial charge in [0, 0.05) is 17.9 Å². The Hall–Kier alpha value is -0.860. The van der Waals surface area contributed by atoms with Crippen molar-refractivity contribution < 1.29 is 27.8 Å². The molecule has 0 spiro atoms. The van der Waals surface area contributed by atoms with Crippen molar-refractivity contribution in [3.05, 3.63) is 0 Å². The van der Waals surface area contributed by atoms with E-state index in [1.54, 1.807) is 13.8 Å². The summed E-state index contributed by atoms with van der Waals surface area (Å²) in [5.74, 6) is -0.863. The van der Waals surface area contributed by atoms with E-state index in [1.165, 1.54) is 0 Å². The average molecular weight is 296 g/mol. The highest BCUT2D eigenvalue weighted by Gasteiger charge is 2.71. The standard InChI is InChI=1S/C12H19F3N2O3/c1-10(2)8-6(3-4-20-8)11(10,16)9(19)17-5-7(18)12(13,14)15/h6-8,18H,3-5,16H2,1-2H3,(H,17,19). The first-order chi connectivity index (χ1) is 9.03. The molecule has 0 bridgehead atoms. The molecular formula is C12H19F3N2O3. The van der Waals surface area contributed by atoms with Gasteiger partial charge in [0.25, 0.3) is 0 Å². The van der Waals surface area contributed by atoms with E-state index in [9.17, 15) is 18.0 Å². The Balaban J connectivity index is 2.02. The fourth-order valence-corrected chi connectivity index (χ4v) is 3.30. The summed E-state index contributed by atoms with van der Waals surface area (Å²) >= 11 is 0. The summed E-state index contributed by atoms with van der Waals surface area (Å²) in [5.41, 5.74) is 4.23. The van der Waals surface area contributed by atoms with Crippen LogP contribution in [-0.2, 0) is 9.53 Å². The van der Waals surface area contributed by atoms with E-state index < -0.39 is 35.7 Å². The lowest BCUT2D eigenvalue weighted by atomic mass is 9.48. The zero-order valence-corrected chi connectivity index (χ0v) is 11.3. The summed E-state index contributed by atoms with van der Waals surface area (Å²) in [6, 6.07) is 0. The molecule has 1 heterocycles. The third-order valence-corrected chi connectivity index (χ3v) is 4.66. The summed E-state index contributed by atoms with van der Waals surface area (Å²) in [6.45, 7) is 3.13. The lowest BCUT2D eigenvalue weighted by Gasteiger charge is -2.60. The second-order valence-corrected chi connectivity index (χ2v) is 6.04. The molecule has 0 radical (unpaired) electrons. The van der Waals surface area contributed by atoms with Crippen LogP contribution in [-0.4, -0.2) is 48.1 Å². The first kappa shape index (κ1) is 15.5. The van der Waals surface area contributed by atoms with E-state index in [1.807, 2.05) is 0 Å². The minimum Gasteiger partial charge on any atom is -0.382 e. The van der Waals surface area contributed by atoms with Crippen molar-refractivity contribution in [2.45, 2.75) is 44.2 Å².